The van der Waals surface area contributed by atoms with Crippen molar-refractivity contribution in [3.8, 4) is 5.75 Å². The molecule has 5 nitrogen and oxygen atoms in total. The molecule has 0 saturated carbocycles. The minimum absolute atomic E-state index is 0.185. The summed E-state index contributed by atoms with van der Waals surface area (Å²) >= 11 is 5.87. The Bertz CT molecular complexity index is 433. The van der Waals surface area contributed by atoms with E-state index in [0.717, 1.165) is 26.2 Å². The summed E-state index contributed by atoms with van der Waals surface area (Å²) in [5.74, 6) is 0.666. The molecule has 2 rings (SSSR count). The zero-order valence-corrected chi connectivity index (χ0v) is 13.1. The molecule has 21 heavy (non-hydrogen) atoms. The molecule has 0 bridgehead atoms. The highest BCUT2D eigenvalue weighted by Gasteiger charge is 2.17. The van der Waals surface area contributed by atoms with Gasteiger partial charge in [0.1, 0.15) is 18.5 Å². The lowest BCUT2D eigenvalue weighted by atomic mass is 10.2. The molecule has 0 radical (unpaired) electrons. The first-order chi connectivity index (χ1) is 10.1. The Balaban J connectivity index is 1.60. The molecule has 1 fully saturated rings. The second kappa shape index (κ2) is 8.56. The number of aliphatic hydroxyl groups excluding tert-OH is 1. The van der Waals surface area contributed by atoms with Gasteiger partial charge >= 0.3 is 0 Å². The maximum atomic E-state index is 9.89. The molecule has 0 spiro atoms. The summed E-state index contributed by atoms with van der Waals surface area (Å²) in [5.41, 5.74) is 0. The minimum Gasteiger partial charge on any atom is -0.491 e. The van der Waals surface area contributed by atoms with E-state index in [1.165, 1.54) is 0 Å². The zero-order valence-electron chi connectivity index (χ0n) is 12.3. The van der Waals surface area contributed by atoms with E-state index in [4.69, 9.17) is 21.1 Å². The Labute approximate surface area is 130 Å². The molecule has 2 N–H and O–H groups in total. The normalized spacial score (nSPS) is 21.2. The summed E-state index contributed by atoms with van der Waals surface area (Å²) in [7, 11) is 2.09. The van der Waals surface area contributed by atoms with Crippen LogP contribution in [0.15, 0.2) is 24.3 Å². The average molecular weight is 315 g/mol. The number of ether oxygens (including phenoxy) is 2. The largest absolute Gasteiger partial charge is 0.491 e. The fourth-order valence-electron chi connectivity index (χ4n) is 2.21. The lowest BCUT2D eigenvalue weighted by molar-refractivity contribution is -0.0196. The highest BCUT2D eigenvalue weighted by Crippen LogP contribution is 2.17. The van der Waals surface area contributed by atoms with Crippen molar-refractivity contribution in [1.29, 1.82) is 0 Å². The Hall–Kier alpha value is -0.850. The predicted octanol–water partition coefficient (Wildman–Crippen LogP) is 1.000. The SMILES string of the molecule is CN1CCOC(CNCC(O)COc2cccc(Cl)c2)C1. The lowest BCUT2D eigenvalue weighted by Crippen LogP contribution is -2.46. The Morgan fingerprint density at radius 1 is 1.57 bits per heavy atom. The lowest BCUT2D eigenvalue weighted by Gasteiger charge is -2.30. The molecule has 1 aromatic carbocycles. The molecule has 1 aliphatic heterocycles. The van der Waals surface area contributed by atoms with Gasteiger partial charge in [0, 0.05) is 31.2 Å². The average Bonchev–Trinajstić information content (AvgIpc) is 2.45. The van der Waals surface area contributed by atoms with E-state index in [0.29, 0.717) is 17.3 Å². The molecule has 2 unspecified atom stereocenters. The topological polar surface area (TPSA) is 54.0 Å². The molecule has 6 heteroatoms. The van der Waals surface area contributed by atoms with E-state index >= 15 is 0 Å². The van der Waals surface area contributed by atoms with Crippen LogP contribution >= 0.6 is 11.6 Å². The standard InChI is InChI=1S/C15H23ClN2O3/c1-18-5-6-20-15(10-18)9-17-8-13(19)11-21-14-4-2-3-12(16)7-14/h2-4,7,13,15,17,19H,5-6,8-11H2,1H3. The van der Waals surface area contributed by atoms with E-state index in [1.54, 1.807) is 12.1 Å². The Morgan fingerprint density at radius 3 is 3.19 bits per heavy atom. The second-order valence-electron chi connectivity index (χ2n) is 5.34. The number of nitrogens with zero attached hydrogens (tertiary/aromatic N) is 1. The number of likely N-dealkylation sites (N-methyl/N-ethyl adjacent to an activating group) is 1. The monoisotopic (exact) mass is 314 g/mol. The third-order valence-corrected chi connectivity index (χ3v) is 3.57. The van der Waals surface area contributed by atoms with Crippen molar-refractivity contribution in [2.75, 3.05) is 46.4 Å². The van der Waals surface area contributed by atoms with Crippen molar-refractivity contribution in [3.63, 3.8) is 0 Å². The molecule has 0 amide bonds. The second-order valence-corrected chi connectivity index (χ2v) is 5.77. The summed E-state index contributed by atoms with van der Waals surface area (Å²) < 4.78 is 11.1. The van der Waals surface area contributed by atoms with Gasteiger partial charge < -0.3 is 24.8 Å². The molecular weight excluding hydrogens is 292 g/mol. The molecule has 1 aromatic rings. The quantitative estimate of drug-likeness (QED) is 0.786. The number of nitrogens with one attached hydrogen (secondary N) is 1. The van der Waals surface area contributed by atoms with Gasteiger partial charge in [0.25, 0.3) is 0 Å². The number of hydrogen-bond donors (Lipinski definition) is 2. The summed E-state index contributed by atoms with van der Waals surface area (Å²) in [4.78, 5) is 2.24. The van der Waals surface area contributed by atoms with Crippen molar-refractivity contribution in [2.45, 2.75) is 12.2 Å². The van der Waals surface area contributed by atoms with E-state index in [9.17, 15) is 5.11 Å². The van der Waals surface area contributed by atoms with Crippen LogP contribution in [0.2, 0.25) is 5.02 Å². The summed E-state index contributed by atoms with van der Waals surface area (Å²) in [6, 6.07) is 7.15. The summed E-state index contributed by atoms with van der Waals surface area (Å²) in [5, 5.41) is 13.7. The smallest absolute Gasteiger partial charge is 0.120 e. The van der Waals surface area contributed by atoms with Crippen LogP contribution in [0.3, 0.4) is 0 Å². The molecular formula is C15H23ClN2O3. The summed E-state index contributed by atoms with van der Waals surface area (Å²) in [6.45, 7) is 4.11. The molecule has 1 heterocycles. The van der Waals surface area contributed by atoms with E-state index in [2.05, 4.69) is 17.3 Å². The first-order valence-electron chi connectivity index (χ1n) is 7.21. The van der Waals surface area contributed by atoms with Crippen LogP contribution in [0.4, 0.5) is 0 Å². The van der Waals surface area contributed by atoms with E-state index < -0.39 is 6.10 Å². The van der Waals surface area contributed by atoms with Crippen LogP contribution in [0.25, 0.3) is 0 Å². The van der Waals surface area contributed by atoms with Gasteiger partial charge in [-0.25, -0.2) is 0 Å². The van der Waals surface area contributed by atoms with Gasteiger partial charge in [-0.2, -0.15) is 0 Å². The van der Waals surface area contributed by atoms with Crippen molar-refractivity contribution < 1.29 is 14.6 Å². The number of rotatable bonds is 7. The van der Waals surface area contributed by atoms with E-state index in [-0.39, 0.29) is 12.7 Å². The van der Waals surface area contributed by atoms with Gasteiger partial charge in [-0.1, -0.05) is 17.7 Å². The molecule has 1 aliphatic rings. The summed E-state index contributed by atoms with van der Waals surface area (Å²) in [6.07, 6.45) is -0.380. The van der Waals surface area contributed by atoms with Crippen LogP contribution < -0.4 is 10.1 Å². The van der Waals surface area contributed by atoms with Crippen molar-refractivity contribution >= 4 is 11.6 Å². The van der Waals surface area contributed by atoms with Crippen molar-refractivity contribution in [2.24, 2.45) is 0 Å². The maximum absolute atomic E-state index is 9.89. The molecule has 2 atom stereocenters. The highest BCUT2D eigenvalue weighted by molar-refractivity contribution is 6.30. The third kappa shape index (κ3) is 6.20. The van der Waals surface area contributed by atoms with Gasteiger partial charge in [0.15, 0.2) is 0 Å². The Kier molecular flexibility index (Phi) is 6.73. The van der Waals surface area contributed by atoms with Gasteiger partial charge in [0.05, 0.1) is 12.7 Å². The fourth-order valence-corrected chi connectivity index (χ4v) is 2.39. The number of hydrogen-bond acceptors (Lipinski definition) is 5. The van der Waals surface area contributed by atoms with Gasteiger partial charge in [0.2, 0.25) is 0 Å². The van der Waals surface area contributed by atoms with Gasteiger partial charge in [-0.3, -0.25) is 0 Å². The zero-order chi connectivity index (χ0) is 15.1. The van der Waals surface area contributed by atoms with Gasteiger partial charge in [-0.15, -0.1) is 0 Å². The van der Waals surface area contributed by atoms with Gasteiger partial charge in [-0.05, 0) is 25.2 Å². The molecule has 0 aliphatic carbocycles. The number of benzene rings is 1. The number of morpholine rings is 1. The number of aliphatic hydroxyl groups is 1. The minimum atomic E-state index is -0.565. The number of halogens is 1. The third-order valence-electron chi connectivity index (χ3n) is 3.33. The maximum Gasteiger partial charge on any atom is 0.120 e. The first kappa shape index (κ1) is 16.5. The van der Waals surface area contributed by atoms with Crippen molar-refractivity contribution in [3.05, 3.63) is 29.3 Å². The van der Waals surface area contributed by atoms with Crippen LogP contribution in [0.1, 0.15) is 0 Å². The van der Waals surface area contributed by atoms with E-state index in [1.807, 2.05) is 12.1 Å². The molecule has 0 aromatic heterocycles. The van der Waals surface area contributed by atoms with Crippen LogP contribution in [-0.4, -0.2) is 68.7 Å². The van der Waals surface area contributed by atoms with Crippen molar-refractivity contribution in [1.82, 2.24) is 10.2 Å². The van der Waals surface area contributed by atoms with Crippen LogP contribution in [-0.2, 0) is 4.74 Å². The molecule has 1 saturated heterocycles. The first-order valence-corrected chi connectivity index (χ1v) is 7.58. The fraction of sp³-hybridized carbons (Fsp3) is 0.600. The Morgan fingerprint density at radius 2 is 2.43 bits per heavy atom. The van der Waals surface area contributed by atoms with Crippen LogP contribution in [0, 0.1) is 0 Å². The molecule has 118 valence electrons. The van der Waals surface area contributed by atoms with Crippen LogP contribution in [0.5, 0.6) is 5.75 Å². The predicted molar refractivity (Wildman–Crippen MR) is 83.1 cm³/mol. The highest BCUT2D eigenvalue weighted by atomic mass is 35.5.